The maximum Gasteiger partial charge on any atom is 0.274 e. The maximum atomic E-state index is 11.8. The number of carbonyl (C=O) groups excluding carboxylic acids is 1. The summed E-state index contributed by atoms with van der Waals surface area (Å²) < 4.78 is 0.847. The highest BCUT2D eigenvalue weighted by Crippen LogP contribution is 2.23. The summed E-state index contributed by atoms with van der Waals surface area (Å²) in [7, 11) is 0. The lowest BCUT2D eigenvalue weighted by molar-refractivity contribution is 0.102. The molecule has 2 aromatic rings. The van der Waals surface area contributed by atoms with Gasteiger partial charge in [-0.15, -0.1) is 0 Å². The second kappa shape index (κ2) is 5.05. The van der Waals surface area contributed by atoms with Crippen LogP contribution in [0.5, 0.6) is 0 Å². The highest BCUT2D eigenvalue weighted by molar-refractivity contribution is 9.10. The first-order chi connectivity index (χ1) is 8.16. The molecule has 1 aromatic heterocycles. The van der Waals surface area contributed by atoms with Crippen LogP contribution in [0.25, 0.3) is 0 Å². The Kier molecular flexibility index (Phi) is 3.49. The number of carbonyl (C=O) groups is 1. The van der Waals surface area contributed by atoms with Gasteiger partial charge in [-0.1, -0.05) is 6.07 Å². The first kappa shape index (κ1) is 11.7. The predicted octanol–water partition coefficient (Wildman–Crippen LogP) is 2.80. The average Bonchev–Trinajstić information content (AvgIpc) is 2.34. The van der Waals surface area contributed by atoms with E-state index in [1.165, 1.54) is 12.5 Å². The van der Waals surface area contributed by atoms with Crippen molar-refractivity contribution < 1.29 is 4.79 Å². The Morgan fingerprint density at radius 2 is 2.18 bits per heavy atom. The van der Waals surface area contributed by atoms with Crippen LogP contribution in [0.4, 0.5) is 5.69 Å². The quantitative estimate of drug-likeness (QED) is 0.926. The molecule has 0 unspecified atom stereocenters. The van der Waals surface area contributed by atoms with Crippen molar-refractivity contribution in [3.05, 3.63) is 52.5 Å². The average molecular weight is 292 g/mol. The Bertz CT molecular complexity index is 543. The Balaban J connectivity index is 2.19. The van der Waals surface area contributed by atoms with E-state index in [1.807, 2.05) is 25.1 Å². The first-order valence-electron chi connectivity index (χ1n) is 5.00. The zero-order valence-corrected chi connectivity index (χ0v) is 10.7. The third-order valence-electron chi connectivity index (χ3n) is 2.19. The number of hydrogen-bond acceptors (Lipinski definition) is 3. The van der Waals surface area contributed by atoms with Crippen molar-refractivity contribution >= 4 is 27.5 Å². The van der Waals surface area contributed by atoms with E-state index in [4.69, 9.17) is 0 Å². The fraction of sp³-hybridized carbons (Fsp3) is 0.0833. The number of aryl methyl sites for hydroxylation is 1. The molecule has 86 valence electrons. The molecule has 0 saturated carbocycles. The highest BCUT2D eigenvalue weighted by atomic mass is 79.9. The number of hydrogen-bond donors (Lipinski definition) is 1. The van der Waals surface area contributed by atoms with Crippen molar-refractivity contribution in [2.45, 2.75) is 6.92 Å². The minimum Gasteiger partial charge on any atom is -0.320 e. The van der Waals surface area contributed by atoms with E-state index >= 15 is 0 Å². The Morgan fingerprint density at radius 3 is 2.82 bits per heavy atom. The van der Waals surface area contributed by atoms with Crippen molar-refractivity contribution in [3.8, 4) is 0 Å². The van der Waals surface area contributed by atoms with Crippen LogP contribution in [0.15, 0.2) is 41.3 Å². The van der Waals surface area contributed by atoms with Gasteiger partial charge >= 0.3 is 0 Å². The van der Waals surface area contributed by atoms with Gasteiger partial charge < -0.3 is 5.32 Å². The van der Waals surface area contributed by atoms with Crippen molar-refractivity contribution in [3.63, 3.8) is 0 Å². The summed E-state index contributed by atoms with van der Waals surface area (Å²) in [5.74, 6) is -0.253. The molecule has 4 nitrogen and oxygen atoms in total. The van der Waals surface area contributed by atoms with Gasteiger partial charge in [0.15, 0.2) is 0 Å². The lowest BCUT2D eigenvalue weighted by Gasteiger charge is -2.07. The molecule has 0 fully saturated rings. The Morgan fingerprint density at radius 1 is 1.35 bits per heavy atom. The number of benzene rings is 1. The number of rotatable bonds is 2. The predicted molar refractivity (Wildman–Crippen MR) is 68.9 cm³/mol. The molecule has 1 amide bonds. The van der Waals surface area contributed by atoms with Crippen LogP contribution in [0.1, 0.15) is 16.1 Å². The molecule has 0 aliphatic carbocycles. The molecule has 1 aromatic carbocycles. The summed E-state index contributed by atoms with van der Waals surface area (Å²) in [6.45, 7) is 1.99. The van der Waals surface area contributed by atoms with E-state index in [0.717, 1.165) is 15.7 Å². The molecule has 0 spiro atoms. The monoisotopic (exact) mass is 291 g/mol. The van der Waals surface area contributed by atoms with Crippen molar-refractivity contribution in [2.24, 2.45) is 0 Å². The van der Waals surface area contributed by atoms with Crippen LogP contribution in [0, 0.1) is 6.92 Å². The molecule has 0 saturated heterocycles. The Hall–Kier alpha value is -1.75. The van der Waals surface area contributed by atoms with E-state index in [0.29, 0.717) is 5.69 Å². The van der Waals surface area contributed by atoms with E-state index < -0.39 is 0 Å². The molecular weight excluding hydrogens is 282 g/mol. The van der Waals surface area contributed by atoms with Crippen LogP contribution in [-0.2, 0) is 0 Å². The summed E-state index contributed by atoms with van der Waals surface area (Å²) in [6, 6.07) is 7.28. The maximum absolute atomic E-state index is 11.8. The van der Waals surface area contributed by atoms with Crippen molar-refractivity contribution in [2.75, 3.05) is 5.32 Å². The highest BCUT2D eigenvalue weighted by Gasteiger charge is 2.08. The smallest absolute Gasteiger partial charge is 0.274 e. The molecule has 0 radical (unpaired) electrons. The third kappa shape index (κ3) is 2.88. The fourth-order valence-corrected chi connectivity index (χ4v) is 1.93. The third-order valence-corrected chi connectivity index (χ3v) is 2.84. The van der Waals surface area contributed by atoms with E-state index in [1.54, 1.807) is 6.07 Å². The molecule has 5 heteroatoms. The number of anilines is 1. The lowest BCUT2D eigenvalue weighted by Crippen LogP contribution is -2.13. The van der Waals surface area contributed by atoms with Gasteiger partial charge in [0, 0.05) is 10.7 Å². The molecular formula is C12H10BrN3O. The normalized spacial score (nSPS) is 10.0. The largest absolute Gasteiger partial charge is 0.320 e. The number of nitrogens with one attached hydrogen (secondary N) is 1. The first-order valence-corrected chi connectivity index (χ1v) is 5.79. The number of halogens is 1. The van der Waals surface area contributed by atoms with E-state index in [9.17, 15) is 4.79 Å². The zero-order valence-electron chi connectivity index (χ0n) is 9.14. The SMILES string of the molecule is Cc1ccc(NC(=O)c2ccncn2)c(Br)c1. The summed E-state index contributed by atoms with van der Waals surface area (Å²) in [4.78, 5) is 19.5. The van der Waals surface area contributed by atoms with Crippen LogP contribution in [0.3, 0.4) is 0 Å². The second-order valence-electron chi connectivity index (χ2n) is 3.53. The van der Waals surface area contributed by atoms with Crippen LogP contribution < -0.4 is 5.32 Å². The Labute approximate surface area is 107 Å². The van der Waals surface area contributed by atoms with Gasteiger partial charge in [0.1, 0.15) is 12.0 Å². The topological polar surface area (TPSA) is 54.9 Å². The van der Waals surface area contributed by atoms with Gasteiger partial charge in [0.2, 0.25) is 0 Å². The summed E-state index contributed by atoms with van der Waals surface area (Å²) >= 11 is 3.40. The van der Waals surface area contributed by atoms with Crippen molar-refractivity contribution in [1.29, 1.82) is 0 Å². The second-order valence-corrected chi connectivity index (χ2v) is 4.39. The molecule has 0 bridgehead atoms. The summed E-state index contributed by atoms with van der Waals surface area (Å²) in [6.07, 6.45) is 2.88. The van der Waals surface area contributed by atoms with Gasteiger partial charge in [0.05, 0.1) is 5.69 Å². The molecule has 17 heavy (non-hydrogen) atoms. The minimum absolute atomic E-state index is 0.253. The van der Waals surface area contributed by atoms with E-state index in [2.05, 4.69) is 31.2 Å². The minimum atomic E-state index is -0.253. The van der Waals surface area contributed by atoms with Gasteiger partial charge in [-0.3, -0.25) is 4.79 Å². The van der Waals surface area contributed by atoms with Gasteiger partial charge in [-0.2, -0.15) is 0 Å². The standard InChI is InChI=1S/C12H10BrN3O/c1-8-2-3-10(9(13)6-8)16-12(17)11-4-5-14-7-15-11/h2-7H,1H3,(H,16,17). The molecule has 0 aliphatic heterocycles. The van der Waals surface area contributed by atoms with Gasteiger partial charge in [0.25, 0.3) is 5.91 Å². The van der Waals surface area contributed by atoms with Gasteiger partial charge in [-0.25, -0.2) is 9.97 Å². The molecule has 2 rings (SSSR count). The molecule has 0 atom stereocenters. The molecule has 1 N–H and O–H groups in total. The molecule has 0 aliphatic rings. The van der Waals surface area contributed by atoms with Gasteiger partial charge in [-0.05, 0) is 46.6 Å². The van der Waals surface area contributed by atoms with Crippen LogP contribution >= 0.6 is 15.9 Å². The lowest BCUT2D eigenvalue weighted by atomic mass is 10.2. The summed E-state index contributed by atoms with van der Waals surface area (Å²) in [5, 5.41) is 2.78. The molecule has 1 heterocycles. The van der Waals surface area contributed by atoms with Crippen molar-refractivity contribution in [1.82, 2.24) is 9.97 Å². The van der Waals surface area contributed by atoms with E-state index in [-0.39, 0.29) is 5.91 Å². The summed E-state index contributed by atoms with van der Waals surface area (Å²) in [5.41, 5.74) is 2.18. The fourth-order valence-electron chi connectivity index (χ4n) is 1.33. The zero-order chi connectivity index (χ0) is 12.3. The number of amides is 1. The number of aromatic nitrogens is 2. The number of nitrogens with zero attached hydrogens (tertiary/aromatic N) is 2. The van der Waals surface area contributed by atoms with Crippen LogP contribution in [0.2, 0.25) is 0 Å². The van der Waals surface area contributed by atoms with Crippen LogP contribution in [-0.4, -0.2) is 15.9 Å².